The van der Waals surface area contributed by atoms with Crippen molar-refractivity contribution >= 4 is 0 Å². The highest BCUT2D eigenvalue weighted by atomic mass is 14.9. The van der Waals surface area contributed by atoms with Gasteiger partial charge in [-0.2, -0.15) is 0 Å². The maximum atomic E-state index is 5.36. The first-order chi connectivity index (χ1) is 4.22. The van der Waals surface area contributed by atoms with Gasteiger partial charge in [0.2, 0.25) is 0 Å². The van der Waals surface area contributed by atoms with E-state index in [1.165, 1.54) is 0 Å². The molecule has 0 bridgehead atoms. The zero-order valence-electron chi connectivity index (χ0n) is 5.65. The van der Waals surface area contributed by atoms with Crippen LogP contribution in [0.3, 0.4) is 0 Å². The van der Waals surface area contributed by atoms with E-state index in [9.17, 15) is 0 Å². The van der Waals surface area contributed by atoms with Gasteiger partial charge in [0.1, 0.15) is 0 Å². The van der Waals surface area contributed by atoms with Gasteiger partial charge < -0.3 is 11.1 Å². The lowest BCUT2D eigenvalue weighted by atomic mass is 10.3. The van der Waals surface area contributed by atoms with Crippen LogP contribution in [-0.4, -0.2) is 7.05 Å². The smallest absolute Gasteiger partial charge is 0.0564 e. The van der Waals surface area contributed by atoms with Gasteiger partial charge in [0.05, 0.1) is 5.70 Å². The number of nitrogens with one attached hydrogen (secondary N) is 1. The Kier molecular flexibility index (Phi) is 3.28. The van der Waals surface area contributed by atoms with E-state index in [0.717, 1.165) is 5.70 Å². The van der Waals surface area contributed by atoms with Gasteiger partial charge in [-0.05, 0) is 6.08 Å². The van der Waals surface area contributed by atoms with E-state index in [1.807, 2.05) is 0 Å². The van der Waals surface area contributed by atoms with E-state index in [2.05, 4.69) is 18.5 Å². The molecule has 0 amide bonds. The standard InChI is InChI=1S/C7H12N2/c1-4-5-7(9-3)6(2)8/h4-5,9H,1-2,8H2,3H3/b7-5+. The Morgan fingerprint density at radius 1 is 1.67 bits per heavy atom. The molecule has 9 heavy (non-hydrogen) atoms. The molecule has 0 aromatic heterocycles. The maximum Gasteiger partial charge on any atom is 0.0564 e. The summed E-state index contributed by atoms with van der Waals surface area (Å²) in [6.07, 6.45) is 3.42. The third kappa shape index (κ3) is 2.59. The van der Waals surface area contributed by atoms with Crippen LogP contribution < -0.4 is 11.1 Å². The number of hydrogen-bond donors (Lipinski definition) is 2. The summed E-state index contributed by atoms with van der Waals surface area (Å²) in [5.74, 6) is 0. The number of allylic oxidation sites excluding steroid dienone is 2. The van der Waals surface area contributed by atoms with E-state index < -0.39 is 0 Å². The summed E-state index contributed by atoms with van der Waals surface area (Å²) in [5.41, 5.74) is 6.70. The van der Waals surface area contributed by atoms with Crippen molar-refractivity contribution in [2.75, 3.05) is 7.05 Å². The second-order valence-corrected chi connectivity index (χ2v) is 1.59. The molecule has 50 valence electrons. The van der Waals surface area contributed by atoms with E-state index >= 15 is 0 Å². The van der Waals surface area contributed by atoms with Gasteiger partial charge >= 0.3 is 0 Å². The minimum Gasteiger partial charge on any atom is -0.398 e. The summed E-state index contributed by atoms with van der Waals surface area (Å²) in [7, 11) is 1.79. The molecule has 0 spiro atoms. The molecule has 0 radical (unpaired) electrons. The highest BCUT2D eigenvalue weighted by molar-refractivity contribution is 5.26. The first-order valence-corrected chi connectivity index (χ1v) is 2.67. The Hall–Kier alpha value is -1.18. The Morgan fingerprint density at radius 2 is 2.22 bits per heavy atom. The zero-order valence-corrected chi connectivity index (χ0v) is 5.65. The molecule has 0 rings (SSSR count). The lowest BCUT2D eigenvalue weighted by Gasteiger charge is -2.02. The molecule has 0 saturated carbocycles. The predicted octanol–water partition coefficient (Wildman–Crippen LogP) is 0.748. The monoisotopic (exact) mass is 124 g/mol. The molecule has 0 aliphatic heterocycles. The maximum absolute atomic E-state index is 5.36. The van der Waals surface area contributed by atoms with Gasteiger partial charge in [-0.1, -0.05) is 19.2 Å². The third-order valence-electron chi connectivity index (χ3n) is 0.900. The number of hydrogen-bond acceptors (Lipinski definition) is 2. The van der Waals surface area contributed by atoms with Crippen LogP contribution in [0.4, 0.5) is 0 Å². The highest BCUT2D eigenvalue weighted by Crippen LogP contribution is 1.94. The molecule has 0 fully saturated rings. The summed E-state index contributed by atoms with van der Waals surface area (Å²) in [4.78, 5) is 0. The Labute approximate surface area is 55.7 Å². The molecule has 0 unspecified atom stereocenters. The fourth-order valence-electron chi connectivity index (χ4n) is 0.469. The van der Waals surface area contributed by atoms with Crippen molar-refractivity contribution in [1.82, 2.24) is 5.32 Å². The number of likely N-dealkylation sites (N-methyl/N-ethyl adjacent to an activating group) is 1. The molecule has 0 aromatic rings. The molecule has 0 aliphatic rings. The normalized spacial score (nSPS) is 10.6. The van der Waals surface area contributed by atoms with Crippen molar-refractivity contribution in [3.05, 3.63) is 36.7 Å². The second-order valence-electron chi connectivity index (χ2n) is 1.59. The van der Waals surface area contributed by atoms with E-state index in [1.54, 1.807) is 19.2 Å². The predicted molar refractivity (Wildman–Crippen MR) is 40.7 cm³/mol. The molecule has 0 saturated heterocycles. The Morgan fingerprint density at radius 3 is 2.33 bits per heavy atom. The molecule has 0 aliphatic carbocycles. The molecular weight excluding hydrogens is 112 g/mol. The van der Waals surface area contributed by atoms with Crippen molar-refractivity contribution in [3.63, 3.8) is 0 Å². The SMILES string of the molecule is C=C/C=C(/NC)C(=C)N. The van der Waals surface area contributed by atoms with Gasteiger partial charge in [-0.15, -0.1) is 0 Å². The van der Waals surface area contributed by atoms with E-state index in [-0.39, 0.29) is 0 Å². The molecule has 0 aromatic carbocycles. The average molecular weight is 124 g/mol. The van der Waals surface area contributed by atoms with Gasteiger partial charge in [-0.25, -0.2) is 0 Å². The minimum absolute atomic E-state index is 0.525. The van der Waals surface area contributed by atoms with E-state index in [0.29, 0.717) is 5.70 Å². The van der Waals surface area contributed by atoms with Crippen LogP contribution >= 0.6 is 0 Å². The molecule has 0 atom stereocenters. The summed E-state index contributed by atoms with van der Waals surface area (Å²) < 4.78 is 0. The van der Waals surface area contributed by atoms with Crippen LogP contribution in [0, 0.1) is 0 Å². The number of rotatable bonds is 3. The van der Waals surface area contributed by atoms with Gasteiger partial charge in [0.25, 0.3) is 0 Å². The largest absolute Gasteiger partial charge is 0.398 e. The van der Waals surface area contributed by atoms with Crippen molar-refractivity contribution in [1.29, 1.82) is 0 Å². The van der Waals surface area contributed by atoms with Crippen molar-refractivity contribution in [2.24, 2.45) is 5.73 Å². The summed E-state index contributed by atoms with van der Waals surface area (Å²) in [6, 6.07) is 0. The summed E-state index contributed by atoms with van der Waals surface area (Å²) >= 11 is 0. The van der Waals surface area contributed by atoms with Crippen LogP contribution in [-0.2, 0) is 0 Å². The fourth-order valence-corrected chi connectivity index (χ4v) is 0.469. The van der Waals surface area contributed by atoms with E-state index in [4.69, 9.17) is 5.73 Å². The van der Waals surface area contributed by atoms with Crippen molar-refractivity contribution in [2.45, 2.75) is 0 Å². The van der Waals surface area contributed by atoms with Crippen LogP contribution in [0.2, 0.25) is 0 Å². The Bertz CT molecular complexity index is 145. The first-order valence-electron chi connectivity index (χ1n) is 2.67. The van der Waals surface area contributed by atoms with Crippen LogP contribution in [0.15, 0.2) is 36.7 Å². The highest BCUT2D eigenvalue weighted by Gasteiger charge is 1.89. The Balaban J connectivity index is 4.14. The van der Waals surface area contributed by atoms with Crippen LogP contribution in [0.5, 0.6) is 0 Å². The molecule has 3 N–H and O–H groups in total. The lowest BCUT2D eigenvalue weighted by Crippen LogP contribution is -2.12. The van der Waals surface area contributed by atoms with Gasteiger partial charge in [0.15, 0.2) is 0 Å². The lowest BCUT2D eigenvalue weighted by molar-refractivity contribution is 0.993. The summed E-state index contributed by atoms with van der Waals surface area (Å²) in [6.45, 7) is 7.06. The zero-order chi connectivity index (χ0) is 7.28. The van der Waals surface area contributed by atoms with Crippen LogP contribution in [0.1, 0.15) is 0 Å². The molecule has 2 heteroatoms. The number of nitrogens with two attached hydrogens (primary N) is 1. The fraction of sp³-hybridized carbons (Fsp3) is 0.143. The van der Waals surface area contributed by atoms with Crippen molar-refractivity contribution in [3.8, 4) is 0 Å². The van der Waals surface area contributed by atoms with Crippen molar-refractivity contribution < 1.29 is 0 Å². The first kappa shape index (κ1) is 7.82. The topological polar surface area (TPSA) is 38.0 Å². The third-order valence-corrected chi connectivity index (χ3v) is 0.900. The molecule has 2 nitrogen and oxygen atoms in total. The van der Waals surface area contributed by atoms with Gasteiger partial charge in [-0.3, -0.25) is 0 Å². The molecular formula is C7H12N2. The summed E-state index contributed by atoms with van der Waals surface area (Å²) in [5, 5.41) is 2.87. The minimum atomic E-state index is 0.525. The average Bonchev–Trinajstić information content (AvgIpc) is 1.82. The second kappa shape index (κ2) is 3.78. The molecule has 0 heterocycles. The van der Waals surface area contributed by atoms with Crippen LogP contribution in [0.25, 0.3) is 0 Å². The quantitative estimate of drug-likeness (QED) is 0.545. The van der Waals surface area contributed by atoms with Gasteiger partial charge in [0, 0.05) is 12.7 Å².